The average molecular weight is 271 g/mol. The van der Waals surface area contributed by atoms with Gasteiger partial charge < -0.3 is 9.55 Å². The van der Waals surface area contributed by atoms with E-state index in [-0.39, 0.29) is 0 Å². The van der Waals surface area contributed by atoms with Gasteiger partial charge in [-0.3, -0.25) is 4.99 Å². The molecule has 0 radical (unpaired) electrons. The molecule has 2 saturated carbocycles. The molecule has 2 aromatic heterocycles. The van der Waals surface area contributed by atoms with Crippen molar-refractivity contribution in [3.63, 3.8) is 0 Å². The molecule has 0 amide bonds. The molecule has 2 heterocycles. The van der Waals surface area contributed by atoms with Crippen LogP contribution in [0.4, 0.5) is 0 Å². The van der Waals surface area contributed by atoms with Crippen LogP contribution in [0.25, 0.3) is 11.2 Å². The Balaban J connectivity index is 1.87. The van der Waals surface area contributed by atoms with Crippen molar-refractivity contribution in [3.8, 4) is 0 Å². The molecule has 5 heteroatoms. The van der Waals surface area contributed by atoms with Crippen molar-refractivity contribution in [2.75, 3.05) is 0 Å². The predicted molar refractivity (Wildman–Crippen MR) is 77.3 cm³/mol. The number of H-pyrrole nitrogens is 1. The second-order valence-corrected chi connectivity index (χ2v) is 6.02. The van der Waals surface area contributed by atoms with Crippen molar-refractivity contribution in [1.29, 1.82) is 0 Å². The fraction of sp³-hybridized carbons (Fsp3) is 0.667. The van der Waals surface area contributed by atoms with Crippen molar-refractivity contribution in [3.05, 3.63) is 17.6 Å². The Morgan fingerprint density at radius 2 is 2.10 bits per heavy atom. The van der Waals surface area contributed by atoms with Crippen molar-refractivity contribution >= 4 is 11.2 Å². The molecule has 2 aliphatic carbocycles. The number of fused-ring (bicyclic) bond motifs is 1. The van der Waals surface area contributed by atoms with Crippen LogP contribution >= 0.6 is 0 Å². The standard InChI is InChI=1S/C15H21N5/c1-2-20-9-16-14(17-11-5-3-4-6-11)12-15(20)19-13(18-12)10-7-8-10/h9-11H,2-8H2,1H3,(H,18,19). The van der Waals surface area contributed by atoms with Gasteiger partial charge in [0.1, 0.15) is 11.3 Å². The zero-order valence-corrected chi connectivity index (χ0v) is 12.0. The van der Waals surface area contributed by atoms with Crippen LogP contribution in [0.15, 0.2) is 11.3 Å². The number of nitrogens with zero attached hydrogens (tertiary/aromatic N) is 4. The monoisotopic (exact) mass is 271 g/mol. The third-order valence-corrected chi connectivity index (χ3v) is 4.45. The first kappa shape index (κ1) is 12.1. The van der Waals surface area contributed by atoms with Gasteiger partial charge in [-0.1, -0.05) is 12.8 Å². The number of aromatic nitrogens is 4. The fourth-order valence-electron chi connectivity index (χ4n) is 3.07. The normalized spacial score (nSPS) is 21.1. The molecule has 0 aromatic carbocycles. The molecular weight excluding hydrogens is 250 g/mol. The summed E-state index contributed by atoms with van der Waals surface area (Å²) in [7, 11) is 0. The zero-order chi connectivity index (χ0) is 13.5. The minimum atomic E-state index is 0.454. The van der Waals surface area contributed by atoms with Crippen LogP contribution in [0, 0.1) is 0 Å². The van der Waals surface area contributed by atoms with Gasteiger partial charge in [-0.2, -0.15) is 0 Å². The SMILES string of the molecule is CCn1cnc(=NC2CCCC2)c2[nH]c(C3CC3)nc21. The van der Waals surface area contributed by atoms with E-state index in [1.165, 1.54) is 38.5 Å². The molecule has 1 N–H and O–H groups in total. The van der Waals surface area contributed by atoms with E-state index in [2.05, 4.69) is 21.5 Å². The van der Waals surface area contributed by atoms with E-state index >= 15 is 0 Å². The molecule has 2 aromatic rings. The van der Waals surface area contributed by atoms with Gasteiger partial charge in [-0.25, -0.2) is 9.97 Å². The van der Waals surface area contributed by atoms with Crippen LogP contribution < -0.4 is 5.49 Å². The molecule has 0 atom stereocenters. The maximum atomic E-state index is 4.86. The second-order valence-electron chi connectivity index (χ2n) is 6.02. The van der Waals surface area contributed by atoms with Crippen LogP contribution in [0.1, 0.15) is 57.2 Å². The molecule has 0 saturated heterocycles. The minimum absolute atomic E-state index is 0.454. The highest BCUT2D eigenvalue weighted by Crippen LogP contribution is 2.38. The number of rotatable bonds is 3. The van der Waals surface area contributed by atoms with Crippen molar-refractivity contribution in [2.45, 2.75) is 64.0 Å². The lowest BCUT2D eigenvalue weighted by molar-refractivity contribution is 0.675. The summed E-state index contributed by atoms with van der Waals surface area (Å²) in [5.74, 6) is 1.75. The van der Waals surface area contributed by atoms with E-state index in [1.807, 2.05) is 6.33 Å². The Hall–Kier alpha value is -1.65. The average Bonchev–Trinajstić information content (AvgIpc) is 3.00. The molecule has 2 fully saturated rings. The molecule has 0 aliphatic heterocycles. The molecular formula is C15H21N5. The van der Waals surface area contributed by atoms with Crippen LogP contribution in [0.2, 0.25) is 0 Å². The summed E-state index contributed by atoms with van der Waals surface area (Å²) in [5.41, 5.74) is 2.90. The highest BCUT2D eigenvalue weighted by molar-refractivity contribution is 5.69. The summed E-state index contributed by atoms with van der Waals surface area (Å²) >= 11 is 0. The van der Waals surface area contributed by atoms with Gasteiger partial charge in [0, 0.05) is 12.5 Å². The topological polar surface area (TPSA) is 58.9 Å². The van der Waals surface area contributed by atoms with Gasteiger partial charge in [0.15, 0.2) is 11.1 Å². The maximum Gasteiger partial charge on any atom is 0.176 e. The van der Waals surface area contributed by atoms with E-state index in [4.69, 9.17) is 9.98 Å². The fourth-order valence-corrected chi connectivity index (χ4v) is 3.07. The third kappa shape index (κ3) is 2.05. The Kier molecular flexibility index (Phi) is 2.86. The molecule has 4 rings (SSSR count). The first-order chi connectivity index (χ1) is 9.85. The largest absolute Gasteiger partial charge is 0.337 e. The van der Waals surface area contributed by atoms with Gasteiger partial charge >= 0.3 is 0 Å². The van der Waals surface area contributed by atoms with Crippen molar-refractivity contribution < 1.29 is 0 Å². The number of aryl methyl sites for hydroxylation is 1. The van der Waals surface area contributed by atoms with Crippen LogP contribution in [-0.4, -0.2) is 25.6 Å². The van der Waals surface area contributed by atoms with Crippen molar-refractivity contribution in [2.24, 2.45) is 4.99 Å². The van der Waals surface area contributed by atoms with Gasteiger partial charge in [0.2, 0.25) is 0 Å². The number of aromatic amines is 1. The molecule has 0 bridgehead atoms. The molecule has 2 aliphatic rings. The minimum Gasteiger partial charge on any atom is -0.337 e. The summed E-state index contributed by atoms with van der Waals surface area (Å²) in [4.78, 5) is 17.7. The third-order valence-electron chi connectivity index (χ3n) is 4.45. The summed E-state index contributed by atoms with van der Waals surface area (Å²) < 4.78 is 2.10. The Morgan fingerprint density at radius 1 is 1.30 bits per heavy atom. The predicted octanol–water partition coefficient (Wildman–Crippen LogP) is 2.50. The van der Waals surface area contributed by atoms with Crippen LogP contribution in [0.3, 0.4) is 0 Å². The van der Waals surface area contributed by atoms with Crippen molar-refractivity contribution in [1.82, 2.24) is 19.5 Å². The summed E-state index contributed by atoms with van der Waals surface area (Å²) in [6, 6.07) is 0.454. The second kappa shape index (κ2) is 4.72. The smallest absolute Gasteiger partial charge is 0.176 e. The Bertz CT molecular complexity index is 686. The first-order valence-corrected chi connectivity index (χ1v) is 7.84. The lowest BCUT2D eigenvalue weighted by Gasteiger charge is -2.04. The lowest BCUT2D eigenvalue weighted by Crippen LogP contribution is -2.17. The van der Waals surface area contributed by atoms with Gasteiger partial charge in [-0.15, -0.1) is 0 Å². The number of nitrogens with one attached hydrogen (secondary N) is 1. The number of imidazole rings is 1. The van der Waals surface area contributed by atoms with Gasteiger partial charge in [0.25, 0.3) is 0 Å². The zero-order valence-electron chi connectivity index (χ0n) is 12.0. The van der Waals surface area contributed by atoms with E-state index in [0.29, 0.717) is 12.0 Å². The van der Waals surface area contributed by atoms with E-state index in [1.54, 1.807) is 0 Å². The van der Waals surface area contributed by atoms with E-state index in [9.17, 15) is 0 Å². The highest BCUT2D eigenvalue weighted by atomic mass is 15.1. The quantitative estimate of drug-likeness (QED) is 0.932. The van der Waals surface area contributed by atoms with Gasteiger partial charge in [-0.05, 0) is 32.6 Å². The summed E-state index contributed by atoms with van der Waals surface area (Å²) in [6.45, 7) is 3.02. The van der Waals surface area contributed by atoms with Crippen LogP contribution in [-0.2, 0) is 6.54 Å². The highest BCUT2D eigenvalue weighted by Gasteiger charge is 2.27. The Morgan fingerprint density at radius 3 is 2.80 bits per heavy atom. The number of hydrogen-bond donors (Lipinski definition) is 1. The number of hydrogen-bond acceptors (Lipinski definition) is 3. The lowest BCUT2D eigenvalue weighted by atomic mass is 10.3. The maximum absolute atomic E-state index is 4.86. The Labute approximate surface area is 118 Å². The summed E-state index contributed by atoms with van der Waals surface area (Å²) in [5, 5.41) is 0. The molecule has 20 heavy (non-hydrogen) atoms. The molecule has 0 unspecified atom stereocenters. The van der Waals surface area contributed by atoms with Gasteiger partial charge in [0.05, 0.1) is 12.4 Å². The molecule has 5 nitrogen and oxygen atoms in total. The van der Waals surface area contributed by atoms with E-state index in [0.717, 1.165) is 29.0 Å². The van der Waals surface area contributed by atoms with Crippen LogP contribution in [0.5, 0.6) is 0 Å². The molecule has 106 valence electrons. The molecule has 0 spiro atoms. The first-order valence-electron chi connectivity index (χ1n) is 7.84. The van der Waals surface area contributed by atoms with E-state index < -0.39 is 0 Å². The summed E-state index contributed by atoms with van der Waals surface area (Å²) in [6.07, 6.45) is 9.41.